The molecule has 0 saturated carbocycles. The highest BCUT2D eigenvalue weighted by Crippen LogP contribution is 2.21. The average molecular weight is 397 g/mol. The molecule has 0 aliphatic carbocycles. The van der Waals surface area contributed by atoms with Crippen molar-refractivity contribution in [3.63, 3.8) is 0 Å². The molecule has 0 bridgehead atoms. The first-order valence-corrected chi connectivity index (χ1v) is 11.2. The molecule has 2 aromatic carbocycles. The molecule has 0 spiro atoms. The Labute approximate surface area is 176 Å². The van der Waals surface area contributed by atoms with Gasteiger partial charge in [0.15, 0.2) is 0 Å². The number of rotatable bonds is 13. The summed E-state index contributed by atoms with van der Waals surface area (Å²) in [5, 5.41) is 0. The molecule has 2 rings (SSSR count). The zero-order valence-electron chi connectivity index (χ0n) is 18.3. The molecule has 0 aliphatic rings. The molecule has 2 aromatic rings. The zero-order chi connectivity index (χ0) is 20.9. The van der Waals surface area contributed by atoms with Crippen molar-refractivity contribution in [1.29, 1.82) is 0 Å². The van der Waals surface area contributed by atoms with Crippen LogP contribution in [-0.4, -0.2) is 12.6 Å². The molecular formula is C26H36O3. The summed E-state index contributed by atoms with van der Waals surface area (Å²) in [7, 11) is 0. The average Bonchev–Trinajstić information content (AvgIpc) is 2.74. The van der Waals surface area contributed by atoms with Gasteiger partial charge in [-0.1, -0.05) is 76.6 Å². The lowest BCUT2D eigenvalue weighted by Crippen LogP contribution is -2.08. The Hall–Kier alpha value is -2.13. The Morgan fingerprint density at radius 2 is 1.48 bits per heavy atom. The van der Waals surface area contributed by atoms with Crippen LogP contribution < -0.4 is 4.74 Å². The third-order valence-electron chi connectivity index (χ3n) is 5.15. The second kappa shape index (κ2) is 13.2. The minimum absolute atomic E-state index is 0.0431. The van der Waals surface area contributed by atoms with Gasteiger partial charge in [-0.05, 0) is 55.2 Å². The molecule has 0 amide bonds. The summed E-state index contributed by atoms with van der Waals surface area (Å²) in [4.78, 5) is 12.3. The molecule has 29 heavy (non-hydrogen) atoms. The first kappa shape index (κ1) is 23.2. The fraction of sp³-hybridized carbons (Fsp3) is 0.500. The Morgan fingerprint density at radius 3 is 2.14 bits per heavy atom. The van der Waals surface area contributed by atoms with E-state index in [1.165, 1.54) is 37.7 Å². The molecule has 0 N–H and O–H groups in total. The number of hydrogen-bond acceptors (Lipinski definition) is 3. The highest BCUT2D eigenvalue weighted by atomic mass is 16.5. The van der Waals surface area contributed by atoms with Gasteiger partial charge in [-0.2, -0.15) is 0 Å². The van der Waals surface area contributed by atoms with E-state index in [4.69, 9.17) is 9.47 Å². The van der Waals surface area contributed by atoms with Crippen molar-refractivity contribution in [3.8, 4) is 5.75 Å². The van der Waals surface area contributed by atoms with Crippen molar-refractivity contribution in [2.45, 2.75) is 78.2 Å². The molecule has 1 atom stereocenters. The molecule has 3 nitrogen and oxygen atoms in total. The maximum absolute atomic E-state index is 12.3. The quantitative estimate of drug-likeness (QED) is 0.202. The zero-order valence-corrected chi connectivity index (χ0v) is 18.3. The third-order valence-corrected chi connectivity index (χ3v) is 5.15. The smallest absolute Gasteiger partial charge is 0.343 e. The maximum atomic E-state index is 12.3. The van der Waals surface area contributed by atoms with Gasteiger partial charge in [-0.3, -0.25) is 0 Å². The number of esters is 1. The summed E-state index contributed by atoms with van der Waals surface area (Å²) in [6.07, 6.45) is 9.75. The summed E-state index contributed by atoms with van der Waals surface area (Å²) in [5.41, 5.74) is 2.91. The van der Waals surface area contributed by atoms with Gasteiger partial charge in [0, 0.05) is 6.61 Å². The first-order valence-electron chi connectivity index (χ1n) is 11.2. The first-order chi connectivity index (χ1) is 14.1. The van der Waals surface area contributed by atoms with E-state index >= 15 is 0 Å². The van der Waals surface area contributed by atoms with E-state index < -0.39 is 0 Å². The van der Waals surface area contributed by atoms with Gasteiger partial charge in [-0.25, -0.2) is 4.79 Å². The highest BCUT2D eigenvalue weighted by Gasteiger charge is 2.10. The largest absolute Gasteiger partial charge is 0.423 e. The number of hydrogen-bond donors (Lipinski definition) is 0. The van der Waals surface area contributed by atoms with Crippen LogP contribution in [0.5, 0.6) is 5.75 Å². The van der Waals surface area contributed by atoms with Crippen LogP contribution in [0.25, 0.3) is 0 Å². The van der Waals surface area contributed by atoms with E-state index in [2.05, 4.69) is 20.8 Å². The highest BCUT2D eigenvalue weighted by molar-refractivity contribution is 5.91. The van der Waals surface area contributed by atoms with Crippen molar-refractivity contribution in [2.24, 2.45) is 0 Å². The molecule has 158 valence electrons. The molecule has 3 heteroatoms. The molecule has 0 aromatic heterocycles. The summed E-state index contributed by atoms with van der Waals surface area (Å²) in [6, 6.07) is 15.3. The monoisotopic (exact) mass is 396 g/mol. The van der Waals surface area contributed by atoms with E-state index in [-0.39, 0.29) is 12.1 Å². The maximum Gasteiger partial charge on any atom is 0.343 e. The Kier molecular flexibility index (Phi) is 10.5. The summed E-state index contributed by atoms with van der Waals surface area (Å²) in [6.45, 7) is 7.24. The Bertz CT molecular complexity index is 704. The van der Waals surface area contributed by atoms with E-state index in [1.807, 2.05) is 48.5 Å². The lowest BCUT2D eigenvalue weighted by atomic mass is 10.1. The number of aryl methyl sites for hydroxylation is 1. The molecule has 0 heterocycles. The molecule has 1 unspecified atom stereocenters. The summed E-state index contributed by atoms with van der Waals surface area (Å²) < 4.78 is 11.4. The van der Waals surface area contributed by atoms with Gasteiger partial charge in [0.25, 0.3) is 0 Å². The van der Waals surface area contributed by atoms with Gasteiger partial charge >= 0.3 is 5.97 Å². The predicted molar refractivity (Wildman–Crippen MR) is 120 cm³/mol. The Balaban J connectivity index is 1.76. The lowest BCUT2D eigenvalue weighted by Gasteiger charge is -2.14. The van der Waals surface area contributed by atoms with E-state index in [1.54, 1.807) is 0 Å². The normalized spacial score (nSPS) is 12.0. The van der Waals surface area contributed by atoms with E-state index in [0.717, 1.165) is 31.4 Å². The second-order valence-corrected chi connectivity index (χ2v) is 7.69. The van der Waals surface area contributed by atoms with Crippen molar-refractivity contribution in [1.82, 2.24) is 0 Å². The number of benzene rings is 2. The van der Waals surface area contributed by atoms with Gasteiger partial charge in [0.1, 0.15) is 5.75 Å². The lowest BCUT2D eigenvalue weighted by molar-refractivity contribution is 0.0627. The van der Waals surface area contributed by atoms with E-state index in [9.17, 15) is 4.79 Å². The topological polar surface area (TPSA) is 35.5 Å². The van der Waals surface area contributed by atoms with Crippen molar-refractivity contribution < 1.29 is 14.3 Å². The number of carbonyl (C=O) groups is 1. The SMILES string of the molecule is CCCCCCCCOC(C)c1ccc(OC(=O)c2ccc(CCC)cc2)cc1. The predicted octanol–water partition coefficient (Wildman–Crippen LogP) is 7.30. The number of unbranched alkanes of at least 4 members (excludes halogenated alkanes) is 5. The van der Waals surface area contributed by atoms with Crippen molar-refractivity contribution in [3.05, 3.63) is 65.2 Å². The molecule has 0 saturated heterocycles. The van der Waals surface area contributed by atoms with Crippen LogP contribution >= 0.6 is 0 Å². The van der Waals surface area contributed by atoms with Crippen LogP contribution in [0.3, 0.4) is 0 Å². The second-order valence-electron chi connectivity index (χ2n) is 7.69. The van der Waals surface area contributed by atoms with Crippen LogP contribution in [0.15, 0.2) is 48.5 Å². The van der Waals surface area contributed by atoms with Crippen LogP contribution in [0.2, 0.25) is 0 Å². The van der Waals surface area contributed by atoms with Gasteiger partial charge in [0.2, 0.25) is 0 Å². The fourth-order valence-corrected chi connectivity index (χ4v) is 3.31. The molecular weight excluding hydrogens is 360 g/mol. The van der Waals surface area contributed by atoms with Gasteiger partial charge in [0.05, 0.1) is 11.7 Å². The minimum atomic E-state index is -0.326. The van der Waals surface area contributed by atoms with Gasteiger partial charge < -0.3 is 9.47 Å². The van der Waals surface area contributed by atoms with Crippen LogP contribution in [0.1, 0.15) is 93.3 Å². The Morgan fingerprint density at radius 1 is 0.828 bits per heavy atom. The van der Waals surface area contributed by atoms with Crippen LogP contribution in [0, 0.1) is 0 Å². The summed E-state index contributed by atoms with van der Waals surface area (Å²) >= 11 is 0. The summed E-state index contributed by atoms with van der Waals surface area (Å²) in [5.74, 6) is 0.229. The fourth-order valence-electron chi connectivity index (χ4n) is 3.31. The molecule has 0 radical (unpaired) electrons. The van der Waals surface area contributed by atoms with Crippen LogP contribution in [0.4, 0.5) is 0 Å². The molecule has 0 fully saturated rings. The van der Waals surface area contributed by atoms with E-state index in [0.29, 0.717) is 11.3 Å². The van der Waals surface area contributed by atoms with Crippen molar-refractivity contribution >= 4 is 5.97 Å². The minimum Gasteiger partial charge on any atom is -0.423 e. The number of ether oxygens (including phenoxy) is 2. The van der Waals surface area contributed by atoms with Crippen LogP contribution in [-0.2, 0) is 11.2 Å². The molecule has 0 aliphatic heterocycles. The van der Waals surface area contributed by atoms with Gasteiger partial charge in [-0.15, -0.1) is 0 Å². The standard InChI is InChI=1S/C26H36O3/c1-4-6-7-8-9-10-20-28-21(3)23-16-18-25(19-17-23)29-26(27)24-14-12-22(11-5-2)13-15-24/h12-19,21H,4-11,20H2,1-3H3. The van der Waals surface area contributed by atoms with Crippen molar-refractivity contribution in [2.75, 3.05) is 6.61 Å². The number of carbonyl (C=O) groups excluding carboxylic acids is 1. The third kappa shape index (κ3) is 8.41.